The quantitative estimate of drug-likeness (QED) is 0.911. The minimum atomic E-state index is -0.326. The lowest BCUT2D eigenvalue weighted by Crippen LogP contribution is -2.37. The highest BCUT2D eigenvalue weighted by molar-refractivity contribution is 5.83. The number of hydrogen-bond donors (Lipinski definition) is 2. The zero-order valence-electron chi connectivity index (χ0n) is 11.7. The van der Waals surface area contributed by atoms with Gasteiger partial charge in [-0.2, -0.15) is 0 Å². The number of halogens is 1. The average Bonchev–Trinajstić information content (AvgIpc) is 2.53. The highest BCUT2D eigenvalue weighted by Gasteiger charge is 2.22. The minimum Gasteiger partial charge on any atom is -0.497 e. The molecule has 110 valence electrons. The van der Waals surface area contributed by atoms with Crippen LogP contribution in [0.15, 0.2) is 36.4 Å². The number of nitrogens with one attached hydrogen (secondary N) is 1. The van der Waals surface area contributed by atoms with Crippen molar-refractivity contribution in [3.05, 3.63) is 42.2 Å². The topological polar surface area (TPSA) is 56.5 Å². The van der Waals surface area contributed by atoms with Gasteiger partial charge in [-0.3, -0.25) is 0 Å². The van der Waals surface area contributed by atoms with Crippen LogP contribution in [0.3, 0.4) is 0 Å². The van der Waals surface area contributed by atoms with Gasteiger partial charge in [0, 0.05) is 18.2 Å². The first kappa shape index (κ1) is 13.7. The lowest BCUT2D eigenvalue weighted by atomic mass is 10.0. The third-order valence-electron chi connectivity index (χ3n) is 3.54. The molecule has 5 heteroatoms. The molecule has 0 aromatic heterocycles. The van der Waals surface area contributed by atoms with E-state index in [0.717, 1.165) is 22.6 Å². The van der Waals surface area contributed by atoms with E-state index in [0.29, 0.717) is 18.9 Å². The molecule has 0 aliphatic carbocycles. The van der Waals surface area contributed by atoms with E-state index in [-0.39, 0.29) is 11.9 Å². The van der Waals surface area contributed by atoms with Gasteiger partial charge in [0.05, 0.1) is 18.8 Å². The molecular formula is C16H17FN2O2. The molecule has 0 radical (unpaired) electrons. The largest absolute Gasteiger partial charge is 0.497 e. The minimum absolute atomic E-state index is 0.0277. The number of methoxy groups -OCH3 is 1. The summed E-state index contributed by atoms with van der Waals surface area (Å²) in [5.74, 6) is 0.950. The molecule has 0 amide bonds. The average molecular weight is 288 g/mol. The number of rotatable bonds is 3. The molecule has 1 aliphatic rings. The van der Waals surface area contributed by atoms with Crippen molar-refractivity contribution in [1.29, 1.82) is 0 Å². The fourth-order valence-corrected chi connectivity index (χ4v) is 2.41. The van der Waals surface area contributed by atoms with Crippen molar-refractivity contribution in [3.8, 4) is 22.6 Å². The second-order valence-corrected chi connectivity index (χ2v) is 4.94. The predicted molar refractivity (Wildman–Crippen MR) is 80.3 cm³/mol. The Kier molecular flexibility index (Phi) is 3.66. The Bertz CT molecular complexity index is 643. The molecule has 4 nitrogen and oxygen atoms in total. The summed E-state index contributed by atoms with van der Waals surface area (Å²) in [7, 11) is 1.61. The molecule has 3 N–H and O–H groups in total. The van der Waals surface area contributed by atoms with Crippen molar-refractivity contribution >= 4 is 5.69 Å². The summed E-state index contributed by atoms with van der Waals surface area (Å²) < 4.78 is 24.6. The molecule has 3 rings (SSSR count). The van der Waals surface area contributed by atoms with Gasteiger partial charge in [-0.25, -0.2) is 4.39 Å². The van der Waals surface area contributed by atoms with E-state index >= 15 is 0 Å². The zero-order chi connectivity index (χ0) is 14.8. The molecule has 1 unspecified atom stereocenters. The Morgan fingerprint density at radius 1 is 1.33 bits per heavy atom. The Labute approximate surface area is 122 Å². The highest BCUT2D eigenvalue weighted by Crippen LogP contribution is 2.39. The van der Waals surface area contributed by atoms with E-state index in [4.69, 9.17) is 15.2 Å². The SMILES string of the molecule is COc1ccc(-c2cc(F)cc3c2NC(CN)CO3)cc1. The van der Waals surface area contributed by atoms with Gasteiger partial charge in [0.1, 0.15) is 23.9 Å². The van der Waals surface area contributed by atoms with E-state index < -0.39 is 0 Å². The normalized spacial score (nSPS) is 16.6. The molecule has 1 atom stereocenters. The van der Waals surface area contributed by atoms with Crippen LogP contribution in [0.2, 0.25) is 0 Å². The maximum Gasteiger partial charge on any atom is 0.146 e. The van der Waals surface area contributed by atoms with Gasteiger partial charge in [-0.15, -0.1) is 0 Å². The van der Waals surface area contributed by atoms with Crippen LogP contribution in [0.1, 0.15) is 0 Å². The number of ether oxygens (including phenoxy) is 2. The number of nitrogens with two attached hydrogens (primary N) is 1. The van der Waals surface area contributed by atoms with Crippen molar-refractivity contribution < 1.29 is 13.9 Å². The van der Waals surface area contributed by atoms with Crippen LogP contribution >= 0.6 is 0 Å². The second kappa shape index (κ2) is 5.61. The molecule has 0 saturated carbocycles. The van der Waals surface area contributed by atoms with Gasteiger partial charge >= 0.3 is 0 Å². The van der Waals surface area contributed by atoms with Gasteiger partial charge in [-0.05, 0) is 23.8 Å². The molecule has 2 aromatic carbocycles. The van der Waals surface area contributed by atoms with E-state index in [1.54, 1.807) is 7.11 Å². The number of fused-ring (bicyclic) bond motifs is 1. The molecule has 1 aliphatic heterocycles. The third-order valence-corrected chi connectivity index (χ3v) is 3.54. The van der Waals surface area contributed by atoms with Crippen molar-refractivity contribution in [3.63, 3.8) is 0 Å². The first-order valence-electron chi connectivity index (χ1n) is 6.78. The van der Waals surface area contributed by atoms with Gasteiger partial charge in [-0.1, -0.05) is 12.1 Å². The first-order chi connectivity index (χ1) is 10.2. The Balaban J connectivity index is 2.06. The maximum absolute atomic E-state index is 13.8. The standard InChI is InChI=1S/C16H17FN2O2/c1-20-13-4-2-10(3-5-13)14-6-11(17)7-15-16(14)19-12(8-18)9-21-15/h2-7,12,19H,8-9,18H2,1H3. The Hall–Kier alpha value is -2.27. The third kappa shape index (κ3) is 2.64. The summed E-state index contributed by atoms with van der Waals surface area (Å²) >= 11 is 0. The van der Waals surface area contributed by atoms with Gasteiger partial charge in [0.25, 0.3) is 0 Å². The maximum atomic E-state index is 13.8. The molecule has 0 spiro atoms. The lowest BCUT2D eigenvalue weighted by molar-refractivity contribution is 0.285. The predicted octanol–water partition coefficient (Wildman–Crippen LogP) is 2.63. The summed E-state index contributed by atoms with van der Waals surface area (Å²) in [5, 5.41) is 3.32. The molecule has 21 heavy (non-hydrogen) atoms. The molecule has 0 fully saturated rings. The summed E-state index contributed by atoms with van der Waals surface area (Å²) in [6.45, 7) is 0.897. The second-order valence-electron chi connectivity index (χ2n) is 4.94. The van der Waals surface area contributed by atoms with Crippen molar-refractivity contribution in [2.45, 2.75) is 6.04 Å². The fraction of sp³-hybridized carbons (Fsp3) is 0.250. The number of anilines is 1. The van der Waals surface area contributed by atoms with Crippen LogP contribution in [-0.4, -0.2) is 26.3 Å². The molecule has 2 aromatic rings. The smallest absolute Gasteiger partial charge is 0.146 e. The van der Waals surface area contributed by atoms with Gasteiger partial charge in [0.15, 0.2) is 0 Å². The van der Waals surface area contributed by atoms with E-state index in [2.05, 4.69) is 5.32 Å². The van der Waals surface area contributed by atoms with E-state index in [1.165, 1.54) is 12.1 Å². The monoisotopic (exact) mass is 288 g/mol. The van der Waals surface area contributed by atoms with Crippen LogP contribution in [0, 0.1) is 5.82 Å². The van der Waals surface area contributed by atoms with Crippen LogP contribution in [0.4, 0.5) is 10.1 Å². The van der Waals surface area contributed by atoms with Crippen LogP contribution < -0.4 is 20.5 Å². The Morgan fingerprint density at radius 2 is 2.10 bits per heavy atom. The van der Waals surface area contributed by atoms with E-state index in [9.17, 15) is 4.39 Å². The van der Waals surface area contributed by atoms with Crippen LogP contribution in [0.25, 0.3) is 11.1 Å². The number of benzene rings is 2. The van der Waals surface area contributed by atoms with Crippen molar-refractivity contribution in [2.75, 3.05) is 25.6 Å². The van der Waals surface area contributed by atoms with Crippen LogP contribution in [-0.2, 0) is 0 Å². The summed E-state index contributed by atoms with van der Waals surface area (Å²) in [4.78, 5) is 0. The molecular weight excluding hydrogens is 271 g/mol. The summed E-state index contributed by atoms with van der Waals surface area (Å²) in [5.41, 5.74) is 8.11. The molecule has 0 saturated heterocycles. The lowest BCUT2D eigenvalue weighted by Gasteiger charge is -2.28. The van der Waals surface area contributed by atoms with Gasteiger partial charge < -0.3 is 20.5 Å². The first-order valence-corrected chi connectivity index (χ1v) is 6.78. The summed E-state index contributed by atoms with van der Waals surface area (Å²) in [6, 6.07) is 10.4. The fourth-order valence-electron chi connectivity index (χ4n) is 2.41. The van der Waals surface area contributed by atoms with Gasteiger partial charge in [0.2, 0.25) is 0 Å². The van der Waals surface area contributed by atoms with Crippen molar-refractivity contribution in [2.24, 2.45) is 5.73 Å². The zero-order valence-corrected chi connectivity index (χ0v) is 11.7. The van der Waals surface area contributed by atoms with E-state index in [1.807, 2.05) is 24.3 Å². The van der Waals surface area contributed by atoms with Crippen molar-refractivity contribution in [1.82, 2.24) is 0 Å². The molecule has 1 heterocycles. The highest BCUT2D eigenvalue weighted by atomic mass is 19.1. The number of hydrogen-bond acceptors (Lipinski definition) is 4. The summed E-state index contributed by atoms with van der Waals surface area (Å²) in [6.07, 6.45) is 0. The Morgan fingerprint density at radius 3 is 2.76 bits per heavy atom. The van der Waals surface area contributed by atoms with Crippen LogP contribution in [0.5, 0.6) is 11.5 Å². The molecule has 0 bridgehead atoms.